The lowest BCUT2D eigenvalue weighted by Crippen LogP contribution is -2.41. The van der Waals surface area contributed by atoms with Crippen LogP contribution in [0.5, 0.6) is 0 Å². The minimum Gasteiger partial charge on any atom is -0.481 e. The average molecular weight is 302 g/mol. The van der Waals surface area contributed by atoms with Gasteiger partial charge in [0.1, 0.15) is 0 Å². The van der Waals surface area contributed by atoms with Crippen LogP contribution >= 0.6 is 0 Å². The van der Waals surface area contributed by atoms with Gasteiger partial charge in [-0.05, 0) is 13.3 Å². The van der Waals surface area contributed by atoms with E-state index in [-0.39, 0.29) is 19.0 Å². The van der Waals surface area contributed by atoms with Gasteiger partial charge in [0.2, 0.25) is 5.91 Å². The molecule has 0 aliphatic heterocycles. The number of carboxylic acid groups (broad SMARTS) is 1. The van der Waals surface area contributed by atoms with Crippen molar-refractivity contribution in [2.75, 3.05) is 19.8 Å². The maximum atomic E-state index is 11.7. The van der Waals surface area contributed by atoms with Crippen LogP contribution in [-0.2, 0) is 9.59 Å². The number of aliphatic hydroxyl groups excluding tert-OH is 1. The standard InChI is InChI=1S/C15H30N2O4/c1-3-4-5-6-7-8-14(19)16-12-17(11-13(2)18)10-9-15(20)21/h13,18H,3-12H2,1-2H3,(H,16,19)(H,20,21). The molecule has 0 heterocycles. The van der Waals surface area contributed by atoms with Crippen molar-refractivity contribution in [2.24, 2.45) is 0 Å². The molecule has 0 aromatic heterocycles. The maximum absolute atomic E-state index is 11.7. The third-order valence-corrected chi connectivity index (χ3v) is 3.17. The van der Waals surface area contributed by atoms with Crippen LogP contribution in [0.15, 0.2) is 0 Å². The number of carbonyl (C=O) groups excluding carboxylic acids is 1. The molecule has 0 aromatic rings. The van der Waals surface area contributed by atoms with Crippen molar-refractivity contribution in [3.63, 3.8) is 0 Å². The van der Waals surface area contributed by atoms with Crippen molar-refractivity contribution < 1.29 is 19.8 Å². The lowest BCUT2D eigenvalue weighted by Gasteiger charge is -2.23. The van der Waals surface area contributed by atoms with E-state index in [0.29, 0.717) is 19.5 Å². The number of hydrogen-bond acceptors (Lipinski definition) is 4. The van der Waals surface area contributed by atoms with Crippen LogP contribution in [0.3, 0.4) is 0 Å². The van der Waals surface area contributed by atoms with E-state index < -0.39 is 12.1 Å². The summed E-state index contributed by atoms with van der Waals surface area (Å²) in [6.45, 7) is 4.75. The zero-order chi connectivity index (χ0) is 16.1. The molecule has 0 saturated carbocycles. The highest BCUT2D eigenvalue weighted by Gasteiger charge is 2.11. The van der Waals surface area contributed by atoms with Crippen LogP contribution in [0.1, 0.15) is 58.8 Å². The summed E-state index contributed by atoms with van der Waals surface area (Å²) in [6.07, 6.45) is 5.46. The van der Waals surface area contributed by atoms with Crippen LogP contribution < -0.4 is 5.32 Å². The first-order chi connectivity index (χ1) is 9.95. The molecule has 0 aliphatic rings. The predicted molar refractivity (Wildman–Crippen MR) is 81.9 cm³/mol. The monoisotopic (exact) mass is 302 g/mol. The molecule has 1 amide bonds. The molecule has 21 heavy (non-hydrogen) atoms. The molecule has 0 bridgehead atoms. The SMILES string of the molecule is CCCCCCCC(=O)NCN(CCC(=O)O)CC(C)O. The first kappa shape index (κ1) is 19.9. The van der Waals surface area contributed by atoms with E-state index in [0.717, 1.165) is 19.3 Å². The molecule has 124 valence electrons. The fraction of sp³-hybridized carbons (Fsp3) is 0.867. The minimum absolute atomic E-state index is 0.000389. The van der Waals surface area contributed by atoms with Gasteiger partial charge in [0.05, 0.1) is 19.2 Å². The Morgan fingerprint density at radius 1 is 1.14 bits per heavy atom. The zero-order valence-electron chi connectivity index (χ0n) is 13.3. The molecule has 0 rings (SSSR count). The van der Waals surface area contributed by atoms with Gasteiger partial charge in [-0.3, -0.25) is 14.5 Å². The quantitative estimate of drug-likeness (QED) is 0.355. The number of nitrogens with zero attached hydrogens (tertiary/aromatic N) is 1. The highest BCUT2D eigenvalue weighted by atomic mass is 16.4. The van der Waals surface area contributed by atoms with E-state index in [1.165, 1.54) is 12.8 Å². The van der Waals surface area contributed by atoms with E-state index in [2.05, 4.69) is 12.2 Å². The molecule has 0 spiro atoms. The Hall–Kier alpha value is -1.14. The van der Waals surface area contributed by atoms with Crippen LogP contribution in [0.4, 0.5) is 0 Å². The first-order valence-electron chi connectivity index (χ1n) is 7.84. The van der Waals surface area contributed by atoms with E-state index in [1.807, 2.05) is 0 Å². The van der Waals surface area contributed by atoms with Crippen LogP contribution in [0.2, 0.25) is 0 Å². The van der Waals surface area contributed by atoms with Gasteiger partial charge in [-0.25, -0.2) is 0 Å². The minimum atomic E-state index is -0.882. The third-order valence-electron chi connectivity index (χ3n) is 3.17. The molecule has 0 saturated heterocycles. The van der Waals surface area contributed by atoms with Crippen molar-refractivity contribution in [1.29, 1.82) is 0 Å². The predicted octanol–water partition coefficient (Wildman–Crippen LogP) is 1.58. The fourth-order valence-corrected chi connectivity index (χ4v) is 2.04. The van der Waals surface area contributed by atoms with E-state index >= 15 is 0 Å². The summed E-state index contributed by atoms with van der Waals surface area (Å²) in [6, 6.07) is 0. The lowest BCUT2D eigenvalue weighted by molar-refractivity contribution is -0.137. The second-order valence-electron chi connectivity index (χ2n) is 5.49. The van der Waals surface area contributed by atoms with Gasteiger partial charge in [-0.1, -0.05) is 32.6 Å². The Bertz CT molecular complexity index is 295. The number of nitrogens with one attached hydrogen (secondary N) is 1. The number of aliphatic carboxylic acids is 1. The summed E-state index contributed by atoms with van der Waals surface area (Å²) in [7, 11) is 0. The highest BCUT2D eigenvalue weighted by Crippen LogP contribution is 2.04. The van der Waals surface area contributed by atoms with Crippen molar-refractivity contribution >= 4 is 11.9 Å². The van der Waals surface area contributed by atoms with Gasteiger partial charge < -0.3 is 15.5 Å². The Morgan fingerprint density at radius 2 is 1.81 bits per heavy atom. The fourth-order valence-electron chi connectivity index (χ4n) is 2.04. The van der Waals surface area contributed by atoms with Crippen molar-refractivity contribution in [2.45, 2.75) is 64.9 Å². The lowest BCUT2D eigenvalue weighted by atomic mass is 10.1. The number of rotatable bonds is 13. The molecule has 0 aliphatic carbocycles. The summed E-state index contributed by atoms with van der Waals surface area (Å²) in [5.41, 5.74) is 0. The van der Waals surface area contributed by atoms with Gasteiger partial charge in [-0.15, -0.1) is 0 Å². The summed E-state index contributed by atoms with van der Waals surface area (Å²) < 4.78 is 0. The van der Waals surface area contributed by atoms with E-state index in [1.54, 1.807) is 11.8 Å². The van der Waals surface area contributed by atoms with Crippen molar-refractivity contribution in [1.82, 2.24) is 10.2 Å². The number of aliphatic hydroxyl groups is 1. The average Bonchev–Trinajstić information content (AvgIpc) is 2.41. The number of hydrogen-bond donors (Lipinski definition) is 3. The van der Waals surface area contributed by atoms with Crippen molar-refractivity contribution in [3.05, 3.63) is 0 Å². The molecule has 0 aromatic carbocycles. The normalized spacial score (nSPS) is 12.4. The Balaban J connectivity index is 3.87. The number of unbranched alkanes of at least 4 members (excludes halogenated alkanes) is 4. The molecule has 6 heteroatoms. The zero-order valence-corrected chi connectivity index (χ0v) is 13.3. The number of carboxylic acids is 1. The summed E-state index contributed by atoms with van der Waals surface area (Å²) >= 11 is 0. The molecular weight excluding hydrogens is 272 g/mol. The molecule has 6 nitrogen and oxygen atoms in total. The van der Waals surface area contributed by atoms with Crippen LogP contribution in [-0.4, -0.2) is 52.9 Å². The Labute approximate surface area is 127 Å². The Kier molecular flexibility index (Phi) is 11.9. The summed E-state index contributed by atoms with van der Waals surface area (Å²) in [5.74, 6) is -0.898. The second-order valence-corrected chi connectivity index (χ2v) is 5.49. The van der Waals surface area contributed by atoms with E-state index in [9.17, 15) is 14.7 Å². The van der Waals surface area contributed by atoms with Crippen LogP contribution in [0, 0.1) is 0 Å². The number of amides is 1. The van der Waals surface area contributed by atoms with Gasteiger partial charge >= 0.3 is 5.97 Å². The first-order valence-corrected chi connectivity index (χ1v) is 7.84. The van der Waals surface area contributed by atoms with Gasteiger partial charge in [0, 0.05) is 19.5 Å². The van der Waals surface area contributed by atoms with Gasteiger partial charge in [0.15, 0.2) is 0 Å². The topological polar surface area (TPSA) is 89.9 Å². The second kappa shape index (κ2) is 12.6. The largest absolute Gasteiger partial charge is 0.481 e. The van der Waals surface area contributed by atoms with E-state index in [4.69, 9.17) is 5.11 Å². The van der Waals surface area contributed by atoms with Gasteiger partial charge in [-0.2, -0.15) is 0 Å². The smallest absolute Gasteiger partial charge is 0.304 e. The molecule has 3 N–H and O–H groups in total. The van der Waals surface area contributed by atoms with Gasteiger partial charge in [0.25, 0.3) is 0 Å². The third kappa shape index (κ3) is 13.6. The van der Waals surface area contributed by atoms with Crippen LogP contribution in [0.25, 0.3) is 0 Å². The Morgan fingerprint density at radius 3 is 2.38 bits per heavy atom. The highest BCUT2D eigenvalue weighted by molar-refractivity contribution is 5.75. The molecule has 1 unspecified atom stereocenters. The number of carbonyl (C=O) groups is 2. The molecule has 1 atom stereocenters. The molecule has 0 radical (unpaired) electrons. The molecular formula is C15H30N2O4. The van der Waals surface area contributed by atoms with Crippen molar-refractivity contribution in [3.8, 4) is 0 Å². The maximum Gasteiger partial charge on any atom is 0.304 e. The summed E-state index contributed by atoms with van der Waals surface area (Å²) in [4.78, 5) is 24.0. The summed E-state index contributed by atoms with van der Waals surface area (Å²) in [5, 5.41) is 20.8. The molecule has 0 fully saturated rings.